The molecule has 0 aliphatic heterocycles. The highest BCUT2D eigenvalue weighted by atomic mass is 35.5. The molecule has 2 aromatic carbocycles. The van der Waals surface area contributed by atoms with Crippen LogP contribution in [0, 0.1) is 13.8 Å². The third kappa shape index (κ3) is 5.73. The molecule has 0 aromatic heterocycles. The van der Waals surface area contributed by atoms with E-state index in [9.17, 15) is 9.59 Å². The van der Waals surface area contributed by atoms with E-state index >= 15 is 0 Å². The number of ether oxygens (including phenoxy) is 1. The second-order valence-corrected chi connectivity index (χ2v) is 7.12. The Kier molecular flexibility index (Phi) is 7.88. The Morgan fingerprint density at radius 2 is 1.75 bits per heavy atom. The molecule has 28 heavy (non-hydrogen) atoms. The molecule has 1 atom stereocenters. The van der Waals surface area contributed by atoms with Crippen molar-refractivity contribution in [3.63, 3.8) is 0 Å². The van der Waals surface area contributed by atoms with Crippen molar-refractivity contribution in [2.24, 2.45) is 0 Å². The molecule has 0 radical (unpaired) electrons. The van der Waals surface area contributed by atoms with Crippen molar-refractivity contribution >= 4 is 23.4 Å². The first kappa shape index (κ1) is 21.8. The van der Waals surface area contributed by atoms with Crippen molar-refractivity contribution in [3.8, 4) is 5.75 Å². The van der Waals surface area contributed by atoms with Crippen LogP contribution in [-0.2, 0) is 16.1 Å². The molecule has 0 unspecified atom stereocenters. The fourth-order valence-corrected chi connectivity index (χ4v) is 3.01. The van der Waals surface area contributed by atoms with Gasteiger partial charge in [0.2, 0.25) is 5.91 Å². The first-order valence-corrected chi connectivity index (χ1v) is 9.72. The largest absolute Gasteiger partial charge is 0.484 e. The zero-order chi connectivity index (χ0) is 20.7. The fourth-order valence-electron chi connectivity index (χ4n) is 2.90. The molecule has 0 aliphatic carbocycles. The molecule has 0 aliphatic rings. The highest BCUT2D eigenvalue weighted by Crippen LogP contribution is 2.26. The fraction of sp³-hybridized carbons (Fsp3) is 0.364. The molecule has 0 fully saturated rings. The van der Waals surface area contributed by atoms with Crippen molar-refractivity contribution in [2.45, 2.75) is 40.3 Å². The van der Waals surface area contributed by atoms with Gasteiger partial charge < -0.3 is 15.0 Å². The maximum absolute atomic E-state index is 12.9. The highest BCUT2D eigenvalue weighted by molar-refractivity contribution is 6.32. The lowest BCUT2D eigenvalue weighted by Gasteiger charge is -2.28. The van der Waals surface area contributed by atoms with Gasteiger partial charge >= 0.3 is 0 Å². The van der Waals surface area contributed by atoms with E-state index in [1.165, 1.54) is 4.90 Å². The van der Waals surface area contributed by atoms with Crippen LogP contribution >= 0.6 is 11.6 Å². The van der Waals surface area contributed by atoms with Crippen molar-refractivity contribution in [1.29, 1.82) is 0 Å². The van der Waals surface area contributed by atoms with E-state index in [1.54, 1.807) is 19.1 Å². The molecule has 0 heterocycles. The molecule has 2 amide bonds. The van der Waals surface area contributed by atoms with E-state index in [2.05, 4.69) is 5.32 Å². The average molecular weight is 403 g/mol. The predicted molar refractivity (Wildman–Crippen MR) is 112 cm³/mol. The van der Waals surface area contributed by atoms with Gasteiger partial charge in [-0.1, -0.05) is 41.9 Å². The molecule has 0 saturated carbocycles. The minimum atomic E-state index is -0.607. The van der Waals surface area contributed by atoms with Gasteiger partial charge in [0, 0.05) is 18.1 Å². The summed E-state index contributed by atoms with van der Waals surface area (Å²) >= 11 is 6.18. The number of carbonyl (C=O) groups is 2. The number of hydrogen-bond acceptors (Lipinski definition) is 3. The zero-order valence-corrected chi connectivity index (χ0v) is 17.5. The third-order valence-electron chi connectivity index (χ3n) is 4.49. The molecular formula is C22H27ClN2O3. The Morgan fingerprint density at radius 1 is 1.14 bits per heavy atom. The van der Waals surface area contributed by atoms with Crippen LogP contribution in [0.5, 0.6) is 5.75 Å². The molecule has 6 heteroatoms. The van der Waals surface area contributed by atoms with Crippen LogP contribution in [0.4, 0.5) is 0 Å². The lowest BCUT2D eigenvalue weighted by atomic mass is 10.1. The normalized spacial score (nSPS) is 11.6. The van der Waals surface area contributed by atoms with Gasteiger partial charge in [-0.3, -0.25) is 9.59 Å². The topological polar surface area (TPSA) is 58.6 Å². The second-order valence-electron chi connectivity index (χ2n) is 6.74. The number of carbonyl (C=O) groups excluding carboxylic acids is 2. The second kappa shape index (κ2) is 10.1. The third-order valence-corrected chi connectivity index (χ3v) is 5.08. The van der Waals surface area contributed by atoms with Gasteiger partial charge in [0.05, 0.1) is 0 Å². The number of halogens is 1. The maximum atomic E-state index is 12.9. The van der Waals surface area contributed by atoms with Crippen molar-refractivity contribution in [1.82, 2.24) is 10.2 Å². The smallest absolute Gasteiger partial charge is 0.261 e. The van der Waals surface area contributed by atoms with E-state index in [4.69, 9.17) is 16.3 Å². The van der Waals surface area contributed by atoms with Crippen molar-refractivity contribution in [2.75, 3.05) is 13.2 Å². The Labute approximate surface area is 171 Å². The number of benzene rings is 2. The highest BCUT2D eigenvalue weighted by Gasteiger charge is 2.26. The number of hydrogen-bond donors (Lipinski definition) is 1. The predicted octanol–water partition coefficient (Wildman–Crippen LogP) is 3.89. The van der Waals surface area contributed by atoms with Gasteiger partial charge in [0.1, 0.15) is 11.8 Å². The number of aryl methyl sites for hydroxylation is 2. The summed E-state index contributed by atoms with van der Waals surface area (Å²) in [6.45, 7) is 8.05. The molecule has 0 bridgehead atoms. The van der Waals surface area contributed by atoms with Gasteiger partial charge in [0.15, 0.2) is 6.61 Å². The zero-order valence-electron chi connectivity index (χ0n) is 16.8. The monoisotopic (exact) mass is 402 g/mol. The summed E-state index contributed by atoms with van der Waals surface area (Å²) < 4.78 is 5.71. The molecule has 0 saturated heterocycles. The van der Waals surface area contributed by atoms with Crippen LogP contribution < -0.4 is 10.1 Å². The number of amides is 2. The van der Waals surface area contributed by atoms with E-state index < -0.39 is 6.04 Å². The van der Waals surface area contributed by atoms with Crippen LogP contribution in [0.15, 0.2) is 42.5 Å². The Hall–Kier alpha value is -2.53. The van der Waals surface area contributed by atoms with E-state index in [1.807, 2.05) is 51.1 Å². The first-order chi connectivity index (χ1) is 13.3. The summed E-state index contributed by atoms with van der Waals surface area (Å²) in [5.41, 5.74) is 2.73. The van der Waals surface area contributed by atoms with Gasteiger partial charge in [-0.15, -0.1) is 0 Å². The lowest BCUT2D eigenvalue weighted by Crippen LogP contribution is -2.49. The Balaban J connectivity index is 2.14. The average Bonchev–Trinajstić information content (AvgIpc) is 2.68. The lowest BCUT2D eigenvalue weighted by molar-refractivity contribution is -0.142. The van der Waals surface area contributed by atoms with Crippen LogP contribution in [-0.4, -0.2) is 35.9 Å². The number of nitrogens with one attached hydrogen (secondary N) is 1. The van der Waals surface area contributed by atoms with Crippen LogP contribution in [0.1, 0.15) is 30.5 Å². The van der Waals surface area contributed by atoms with E-state index in [-0.39, 0.29) is 18.4 Å². The van der Waals surface area contributed by atoms with Crippen molar-refractivity contribution in [3.05, 3.63) is 64.2 Å². The number of likely N-dealkylation sites (N-methyl/N-ethyl adjacent to an activating group) is 1. The summed E-state index contributed by atoms with van der Waals surface area (Å²) in [5, 5.41) is 3.46. The summed E-state index contributed by atoms with van der Waals surface area (Å²) in [6.07, 6.45) is 0. The Morgan fingerprint density at radius 3 is 2.32 bits per heavy atom. The van der Waals surface area contributed by atoms with E-state index in [0.29, 0.717) is 23.9 Å². The molecule has 2 rings (SSSR count). The quantitative estimate of drug-likeness (QED) is 0.728. The van der Waals surface area contributed by atoms with Gasteiger partial charge in [-0.05, 0) is 56.5 Å². The van der Waals surface area contributed by atoms with Gasteiger partial charge in [-0.25, -0.2) is 0 Å². The van der Waals surface area contributed by atoms with Crippen molar-refractivity contribution < 1.29 is 14.3 Å². The summed E-state index contributed by atoms with van der Waals surface area (Å²) in [4.78, 5) is 26.8. The van der Waals surface area contributed by atoms with Crippen LogP contribution in [0.2, 0.25) is 5.02 Å². The number of rotatable bonds is 8. The molecule has 2 aromatic rings. The van der Waals surface area contributed by atoms with E-state index in [0.717, 1.165) is 16.7 Å². The molecule has 1 N–H and O–H groups in total. The molecule has 0 spiro atoms. The first-order valence-electron chi connectivity index (χ1n) is 9.34. The van der Waals surface area contributed by atoms with Gasteiger partial charge in [-0.2, -0.15) is 0 Å². The minimum absolute atomic E-state index is 0.156. The Bertz CT molecular complexity index is 801. The maximum Gasteiger partial charge on any atom is 0.261 e. The summed E-state index contributed by atoms with van der Waals surface area (Å²) in [6, 6.07) is 12.6. The SMILES string of the molecule is CCNC(=O)[C@@H](C)N(Cc1ccccc1)C(=O)COc1cc(C)c(Cl)c(C)c1. The van der Waals surface area contributed by atoms with Crippen LogP contribution in [0.3, 0.4) is 0 Å². The minimum Gasteiger partial charge on any atom is -0.484 e. The summed E-state index contributed by atoms with van der Waals surface area (Å²) in [7, 11) is 0. The summed E-state index contributed by atoms with van der Waals surface area (Å²) in [5.74, 6) is 0.135. The molecule has 5 nitrogen and oxygen atoms in total. The van der Waals surface area contributed by atoms with Gasteiger partial charge in [0.25, 0.3) is 5.91 Å². The van der Waals surface area contributed by atoms with Crippen LogP contribution in [0.25, 0.3) is 0 Å². The standard InChI is InChI=1S/C22H27ClN2O3/c1-5-24-22(27)17(4)25(13-18-9-7-6-8-10-18)20(26)14-28-19-11-15(2)21(23)16(3)12-19/h6-12,17H,5,13-14H2,1-4H3,(H,24,27)/t17-/m1/s1. The molecule has 150 valence electrons. The number of nitrogens with zero attached hydrogens (tertiary/aromatic N) is 1. The molecular weight excluding hydrogens is 376 g/mol.